The van der Waals surface area contributed by atoms with Crippen LogP contribution in [0.15, 0.2) is 48.5 Å². The molecule has 2 aromatic carbocycles. The van der Waals surface area contributed by atoms with Crippen molar-refractivity contribution in [2.24, 2.45) is 5.73 Å². The molecule has 0 amide bonds. The van der Waals surface area contributed by atoms with E-state index in [1.807, 2.05) is 55.3 Å². The third-order valence-corrected chi connectivity index (χ3v) is 3.22. The summed E-state index contributed by atoms with van der Waals surface area (Å²) in [6, 6.07) is 14.9. The summed E-state index contributed by atoms with van der Waals surface area (Å²) < 4.78 is 13.6. The summed E-state index contributed by atoms with van der Waals surface area (Å²) in [6.07, 6.45) is 0. The molecule has 0 aliphatic rings. The lowest BCUT2D eigenvalue weighted by molar-refractivity contribution is 0.608. The third-order valence-electron chi connectivity index (χ3n) is 3.22. The third kappa shape index (κ3) is 3.32. The van der Waals surface area contributed by atoms with Gasteiger partial charge >= 0.3 is 0 Å². The maximum absolute atomic E-state index is 13.6. The molecule has 0 bridgehead atoms. The Hall–Kier alpha value is -1.87. The van der Waals surface area contributed by atoms with E-state index in [1.165, 1.54) is 6.07 Å². The van der Waals surface area contributed by atoms with Crippen LogP contribution in [0.5, 0.6) is 0 Å². The highest BCUT2D eigenvalue weighted by Crippen LogP contribution is 2.19. The van der Waals surface area contributed by atoms with Crippen molar-refractivity contribution in [2.75, 3.05) is 11.9 Å². The van der Waals surface area contributed by atoms with Gasteiger partial charge in [0.05, 0.1) is 0 Å². The summed E-state index contributed by atoms with van der Waals surface area (Å²) in [5, 5.41) is 0. The minimum Gasteiger partial charge on any atom is -0.370 e. The van der Waals surface area contributed by atoms with Gasteiger partial charge in [-0.25, -0.2) is 4.39 Å². The lowest BCUT2D eigenvalue weighted by Gasteiger charge is -2.20. The van der Waals surface area contributed by atoms with Crippen LogP contribution < -0.4 is 10.6 Å². The molecule has 0 radical (unpaired) electrons. The van der Waals surface area contributed by atoms with E-state index in [9.17, 15) is 4.39 Å². The molecule has 0 heterocycles. The van der Waals surface area contributed by atoms with Crippen molar-refractivity contribution >= 4 is 5.69 Å². The second-order valence-corrected chi connectivity index (χ2v) is 4.83. The average Bonchev–Trinajstić information content (AvgIpc) is 2.41. The maximum atomic E-state index is 13.6. The van der Waals surface area contributed by atoms with Gasteiger partial charge in [0.1, 0.15) is 5.82 Å². The first kappa shape index (κ1) is 13.6. The second-order valence-electron chi connectivity index (χ2n) is 4.83. The SMILES string of the molecule is CC(N)c1ccc(N(C)Cc2ccccc2F)cc1. The number of hydrogen-bond acceptors (Lipinski definition) is 2. The van der Waals surface area contributed by atoms with Gasteiger partial charge in [-0.2, -0.15) is 0 Å². The molecule has 19 heavy (non-hydrogen) atoms. The molecule has 2 N–H and O–H groups in total. The Morgan fingerprint density at radius 1 is 1.11 bits per heavy atom. The molecule has 0 saturated carbocycles. The van der Waals surface area contributed by atoms with Crippen molar-refractivity contribution in [1.29, 1.82) is 0 Å². The molecule has 0 aromatic heterocycles. The zero-order chi connectivity index (χ0) is 13.8. The molecule has 2 rings (SSSR count). The Bertz CT molecular complexity index is 535. The van der Waals surface area contributed by atoms with E-state index >= 15 is 0 Å². The topological polar surface area (TPSA) is 29.3 Å². The summed E-state index contributed by atoms with van der Waals surface area (Å²) in [5.41, 5.74) is 8.66. The van der Waals surface area contributed by atoms with Crippen LogP contribution in [-0.2, 0) is 6.54 Å². The molecule has 100 valence electrons. The zero-order valence-electron chi connectivity index (χ0n) is 11.3. The van der Waals surface area contributed by atoms with Gasteiger partial charge in [-0.1, -0.05) is 30.3 Å². The number of nitrogens with zero attached hydrogens (tertiary/aromatic N) is 1. The van der Waals surface area contributed by atoms with Crippen LogP contribution in [0.1, 0.15) is 24.1 Å². The number of hydrogen-bond donors (Lipinski definition) is 1. The molecule has 0 fully saturated rings. The Kier molecular flexibility index (Phi) is 4.17. The van der Waals surface area contributed by atoms with Crippen LogP contribution in [0, 0.1) is 5.82 Å². The fourth-order valence-corrected chi connectivity index (χ4v) is 2.01. The molecule has 0 aliphatic carbocycles. The number of halogens is 1. The van der Waals surface area contributed by atoms with Crippen LogP contribution in [0.2, 0.25) is 0 Å². The largest absolute Gasteiger partial charge is 0.370 e. The number of benzene rings is 2. The number of rotatable bonds is 4. The zero-order valence-corrected chi connectivity index (χ0v) is 11.3. The van der Waals surface area contributed by atoms with E-state index in [0.29, 0.717) is 12.1 Å². The second kappa shape index (κ2) is 5.85. The van der Waals surface area contributed by atoms with Crippen molar-refractivity contribution in [1.82, 2.24) is 0 Å². The minimum absolute atomic E-state index is 0.0333. The molecule has 0 aliphatic heterocycles. The quantitative estimate of drug-likeness (QED) is 0.909. The van der Waals surface area contributed by atoms with E-state index in [0.717, 1.165) is 11.3 Å². The van der Waals surface area contributed by atoms with Crippen molar-refractivity contribution in [3.8, 4) is 0 Å². The Labute approximate surface area is 113 Å². The van der Waals surface area contributed by atoms with Gasteiger partial charge < -0.3 is 10.6 Å². The Morgan fingerprint density at radius 2 is 1.74 bits per heavy atom. The van der Waals surface area contributed by atoms with Crippen molar-refractivity contribution in [2.45, 2.75) is 19.5 Å². The Balaban J connectivity index is 2.12. The van der Waals surface area contributed by atoms with E-state index in [1.54, 1.807) is 6.07 Å². The van der Waals surface area contributed by atoms with E-state index in [4.69, 9.17) is 5.73 Å². The van der Waals surface area contributed by atoms with Gasteiger partial charge in [0.15, 0.2) is 0 Å². The molecule has 0 saturated heterocycles. The predicted molar refractivity (Wildman–Crippen MR) is 77.6 cm³/mol. The van der Waals surface area contributed by atoms with Crippen molar-refractivity contribution in [3.63, 3.8) is 0 Å². The summed E-state index contributed by atoms with van der Waals surface area (Å²) in [7, 11) is 1.95. The van der Waals surface area contributed by atoms with Crippen LogP contribution >= 0.6 is 0 Å². The lowest BCUT2D eigenvalue weighted by atomic mass is 10.1. The fraction of sp³-hybridized carbons (Fsp3) is 0.250. The molecular weight excluding hydrogens is 239 g/mol. The van der Waals surface area contributed by atoms with Gasteiger partial charge in [-0.3, -0.25) is 0 Å². The van der Waals surface area contributed by atoms with Crippen LogP contribution in [0.3, 0.4) is 0 Å². The van der Waals surface area contributed by atoms with Gasteiger partial charge in [0.2, 0.25) is 0 Å². The highest BCUT2D eigenvalue weighted by atomic mass is 19.1. The van der Waals surface area contributed by atoms with Crippen LogP contribution in [-0.4, -0.2) is 7.05 Å². The molecular formula is C16H19FN2. The minimum atomic E-state index is -0.165. The fourth-order valence-electron chi connectivity index (χ4n) is 2.01. The number of nitrogens with two attached hydrogens (primary N) is 1. The van der Waals surface area contributed by atoms with Gasteiger partial charge in [0.25, 0.3) is 0 Å². The van der Waals surface area contributed by atoms with E-state index in [-0.39, 0.29) is 11.9 Å². The molecule has 2 nitrogen and oxygen atoms in total. The first-order chi connectivity index (χ1) is 9.08. The van der Waals surface area contributed by atoms with Crippen LogP contribution in [0.4, 0.5) is 10.1 Å². The Morgan fingerprint density at radius 3 is 2.32 bits per heavy atom. The summed E-state index contributed by atoms with van der Waals surface area (Å²) >= 11 is 0. The van der Waals surface area contributed by atoms with Crippen molar-refractivity contribution in [3.05, 3.63) is 65.5 Å². The van der Waals surface area contributed by atoms with Gasteiger partial charge in [-0.05, 0) is 30.7 Å². The van der Waals surface area contributed by atoms with E-state index < -0.39 is 0 Å². The lowest BCUT2D eigenvalue weighted by Crippen LogP contribution is -2.17. The summed E-state index contributed by atoms with van der Waals surface area (Å²) in [6.45, 7) is 2.50. The van der Waals surface area contributed by atoms with Gasteiger partial charge in [0, 0.05) is 30.9 Å². The molecule has 1 unspecified atom stereocenters. The first-order valence-electron chi connectivity index (χ1n) is 6.38. The molecule has 1 atom stereocenters. The maximum Gasteiger partial charge on any atom is 0.128 e. The highest BCUT2D eigenvalue weighted by Gasteiger charge is 2.06. The van der Waals surface area contributed by atoms with Crippen molar-refractivity contribution < 1.29 is 4.39 Å². The van der Waals surface area contributed by atoms with Gasteiger partial charge in [-0.15, -0.1) is 0 Å². The highest BCUT2D eigenvalue weighted by molar-refractivity contribution is 5.47. The molecule has 3 heteroatoms. The summed E-state index contributed by atoms with van der Waals surface area (Å²) in [5.74, 6) is -0.165. The predicted octanol–water partition coefficient (Wildman–Crippen LogP) is 3.48. The van der Waals surface area contributed by atoms with E-state index in [2.05, 4.69) is 0 Å². The molecule has 0 spiro atoms. The smallest absolute Gasteiger partial charge is 0.128 e. The number of anilines is 1. The average molecular weight is 258 g/mol. The first-order valence-corrected chi connectivity index (χ1v) is 6.38. The monoisotopic (exact) mass is 258 g/mol. The summed E-state index contributed by atoms with van der Waals surface area (Å²) in [4.78, 5) is 2.02. The standard InChI is InChI=1S/C16H19FN2/c1-12(18)13-7-9-15(10-8-13)19(2)11-14-5-3-4-6-16(14)17/h3-10,12H,11,18H2,1-2H3. The molecule has 2 aromatic rings. The van der Waals surface area contributed by atoms with Crippen LogP contribution in [0.25, 0.3) is 0 Å². The normalized spacial score (nSPS) is 12.2.